The van der Waals surface area contributed by atoms with Crippen LogP contribution in [0.1, 0.15) is 33.4 Å². The van der Waals surface area contributed by atoms with Gasteiger partial charge in [0, 0.05) is 51.2 Å². The van der Waals surface area contributed by atoms with Crippen molar-refractivity contribution in [1.29, 1.82) is 0 Å². The lowest BCUT2D eigenvalue weighted by atomic mass is 10.0. The van der Waals surface area contributed by atoms with Gasteiger partial charge in [0.05, 0.1) is 0 Å². The van der Waals surface area contributed by atoms with Crippen LogP contribution in [0.3, 0.4) is 0 Å². The molecule has 0 saturated carbocycles. The fourth-order valence-corrected chi connectivity index (χ4v) is 7.64. The van der Waals surface area contributed by atoms with E-state index in [1.165, 1.54) is 33.4 Å². The van der Waals surface area contributed by atoms with E-state index in [1.54, 1.807) is 0 Å². The fraction of sp³-hybridized carbons (Fsp3) is 0.0526. The van der Waals surface area contributed by atoms with E-state index < -0.39 is 0 Å². The lowest BCUT2D eigenvalue weighted by Gasteiger charge is -2.26. The fourth-order valence-electron chi connectivity index (χ4n) is 7.64. The van der Waals surface area contributed by atoms with Gasteiger partial charge in [0.15, 0.2) is 0 Å². The SMILES string of the molecule is c1ccc(Cc2ccc(Nc3ccc(N(c4ccc(Nc5ccc(Cc6ccccc6)cc5)cc4)c4ccc(Nc5ccc(Cc6ccccc6)cc5)cc4)cc3)cc2)cc1. The predicted molar refractivity (Wildman–Crippen MR) is 258 cm³/mol. The van der Waals surface area contributed by atoms with Gasteiger partial charge in [-0.15, -0.1) is 0 Å². The Bertz CT molecular complexity index is 2410. The summed E-state index contributed by atoms with van der Waals surface area (Å²) in [5, 5.41) is 10.8. The molecule has 0 radical (unpaired) electrons. The average molecular weight is 789 g/mol. The Morgan fingerprint density at radius 2 is 0.410 bits per heavy atom. The van der Waals surface area contributed by atoms with Gasteiger partial charge in [-0.3, -0.25) is 0 Å². The van der Waals surface area contributed by atoms with Gasteiger partial charge < -0.3 is 20.9 Å². The number of anilines is 9. The van der Waals surface area contributed by atoms with E-state index in [4.69, 9.17) is 0 Å². The quantitative estimate of drug-likeness (QED) is 0.0967. The highest BCUT2D eigenvalue weighted by Crippen LogP contribution is 2.37. The lowest BCUT2D eigenvalue weighted by Crippen LogP contribution is -2.10. The number of hydrogen-bond acceptors (Lipinski definition) is 4. The van der Waals surface area contributed by atoms with Gasteiger partial charge in [0.1, 0.15) is 0 Å². The molecule has 0 unspecified atom stereocenters. The molecule has 0 heterocycles. The molecule has 0 aliphatic heterocycles. The van der Waals surface area contributed by atoms with E-state index in [-0.39, 0.29) is 0 Å². The molecule has 0 aromatic heterocycles. The normalized spacial score (nSPS) is 10.8. The Hall–Kier alpha value is -7.82. The van der Waals surface area contributed by atoms with Gasteiger partial charge in [-0.25, -0.2) is 0 Å². The van der Waals surface area contributed by atoms with E-state index in [2.05, 4.69) is 257 Å². The molecule has 0 saturated heterocycles. The van der Waals surface area contributed by atoms with Crippen LogP contribution >= 0.6 is 0 Å². The molecule has 0 atom stereocenters. The van der Waals surface area contributed by atoms with Crippen LogP contribution in [0.2, 0.25) is 0 Å². The van der Waals surface area contributed by atoms with Crippen molar-refractivity contribution in [3.05, 3.63) is 270 Å². The van der Waals surface area contributed by atoms with Crippen LogP contribution in [-0.2, 0) is 19.3 Å². The molecule has 4 heteroatoms. The molecular weight excluding hydrogens is 741 g/mol. The molecule has 0 amide bonds. The Labute approximate surface area is 359 Å². The van der Waals surface area contributed by atoms with E-state index in [1.807, 2.05) is 0 Å². The number of benzene rings is 9. The lowest BCUT2D eigenvalue weighted by molar-refractivity contribution is 1.19. The molecular formula is C57H48N4. The third-order valence-corrected chi connectivity index (χ3v) is 10.9. The van der Waals surface area contributed by atoms with Crippen LogP contribution in [0.4, 0.5) is 51.2 Å². The Morgan fingerprint density at radius 3 is 0.639 bits per heavy atom. The van der Waals surface area contributed by atoms with Crippen LogP contribution in [-0.4, -0.2) is 0 Å². The van der Waals surface area contributed by atoms with Crippen LogP contribution < -0.4 is 20.9 Å². The van der Waals surface area contributed by atoms with Crippen molar-refractivity contribution in [1.82, 2.24) is 0 Å². The Kier molecular flexibility index (Phi) is 11.9. The molecule has 296 valence electrons. The van der Waals surface area contributed by atoms with Crippen LogP contribution in [0.5, 0.6) is 0 Å². The van der Waals surface area contributed by atoms with Crippen LogP contribution in [0, 0.1) is 0 Å². The number of nitrogens with zero attached hydrogens (tertiary/aromatic N) is 1. The number of nitrogens with one attached hydrogen (secondary N) is 3. The summed E-state index contributed by atoms with van der Waals surface area (Å²) in [5.41, 5.74) is 17.3. The first-order valence-electron chi connectivity index (χ1n) is 21.0. The molecule has 61 heavy (non-hydrogen) atoms. The second-order valence-electron chi connectivity index (χ2n) is 15.4. The molecule has 4 nitrogen and oxygen atoms in total. The Balaban J connectivity index is 0.913. The summed E-state index contributed by atoms with van der Waals surface area (Å²) in [4.78, 5) is 2.30. The van der Waals surface area contributed by atoms with E-state index >= 15 is 0 Å². The second-order valence-corrected chi connectivity index (χ2v) is 15.4. The van der Waals surface area contributed by atoms with Crippen molar-refractivity contribution in [2.75, 3.05) is 20.9 Å². The van der Waals surface area contributed by atoms with Crippen molar-refractivity contribution in [2.45, 2.75) is 19.3 Å². The molecule has 0 aliphatic carbocycles. The molecule has 0 fully saturated rings. The topological polar surface area (TPSA) is 39.3 Å². The zero-order valence-corrected chi connectivity index (χ0v) is 34.1. The first-order valence-corrected chi connectivity index (χ1v) is 21.0. The first kappa shape index (κ1) is 38.7. The van der Waals surface area contributed by atoms with Crippen LogP contribution in [0.15, 0.2) is 237 Å². The predicted octanol–water partition coefficient (Wildman–Crippen LogP) is 15.2. The van der Waals surface area contributed by atoms with Crippen molar-refractivity contribution < 1.29 is 0 Å². The van der Waals surface area contributed by atoms with Crippen molar-refractivity contribution >= 4 is 51.2 Å². The summed E-state index contributed by atoms with van der Waals surface area (Å²) in [7, 11) is 0. The maximum atomic E-state index is 3.60. The van der Waals surface area contributed by atoms with Crippen molar-refractivity contribution in [2.24, 2.45) is 0 Å². The molecule has 0 bridgehead atoms. The van der Waals surface area contributed by atoms with Crippen molar-refractivity contribution in [3.63, 3.8) is 0 Å². The minimum Gasteiger partial charge on any atom is -0.356 e. The summed E-state index contributed by atoms with van der Waals surface area (Å²) >= 11 is 0. The largest absolute Gasteiger partial charge is 0.356 e. The standard InChI is InChI=1S/C57H48N4/c1-4-10-43(11-5-1)40-46-16-22-49(23-17-46)58-52-28-34-55(35-29-52)61(56-36-30-53(31-37-56)59-50-24-18-47(19-25-50)41-44-12-6-2-7-13-44)57-38-32-54(33-39-57)60-51-26-20-48(21-27-51)42-45-14-8-3-9-15-45/h1-39,58-60H,40-42H2. The van der Waals surface area contributed by atoms with Crippen LogP contribution in [0.25, 0.3) is 0 Å². The highest BCUT2D eigenvalue weighted by molar-refractivity contribution is 5.80. The summed E-state index contributed by atoms with van der Waals surface area (Å²) in [6.45, 7) is 0. The van der Waals surface area contributed by atoms with Gasteiger partial charge in [-0.1, -0.05) is 127 Å². The Morgan fingerprint density at radius 1 is 0.213 bits per heavy atom. The van der Waals surface area contributed by atoms with Crippen molar-refractivity contribution in [3.8, 4) is 0 Å². The molecule has 9 aromatic rings. The van der Waals surface area contributed by atoms with Gasteiger partial charge in [0.25, 0.3) is 0 Å². The minimum absolute atomic E-state index is 0.921. The molecule has 3 N–H and O–H groups in total. The highest BCUT2D eigenvalue weighted by Gasteiger charge is 2.14. The third kappa shape index (κ3) is 10.4. The second kappa shape index (κ2) is 18.8. The molecule has 9 rings (SSSR count). The average Bonchev–Trinajstić information content (AvgIpc) is 3.31. The first-order chi connectivity index (χ1) is 30.1. The van der Waals surface area contributed by atoms with E-state index in [0.29, 0.717) is 0 Å². The molecule has 9 aromatic carbocycles. The zero-order valence-electron chi connectivity index (χ0n) is 34.1. The number of rotatable bonds is 15. The maximum absolute atomic E-state index is 3.60. The number of hydrogen-bond donors (Lipinski definition) is 3. The summed E-state index contributed by atoms with van der Waals surface area (Å²) < 4.78 is 0. The summed E-state index contributed by atoms with van der Waals surface area (Å²) in [5.74, 6) is 0. The smallest absolute Gasteiger partial charge is 0.0463 e. The van der Waals surface area contributed by atoms with Gasteiger partial charge >= 0.3 is 0 Å². The summed E-state index contributed by atoms with van der Waals surface area (Å²) in [6, 6.07) is 83.9. The molecule has 0 spiro atoms. The zero-order chi connectivity index (χ0) is 41.1. The minimum atomic E-state index is 0.921. The monoisotopic (exact) mass is 788 g/mol. The highest BCUT2D eigenvalue weighted by atomic mass is 15.1. The van der Waals surface area contributed by atoms with E-state index in [0.717, 1.165) is 70.4 Å². The molecule has 0 aliphatic rings. The van der Waals surface area contributed by atoms with Gasteiger partial charge in [-0.05, 0) is 162 Å². The maximum Gasteiger partial charge on any atom is 0.0463 e. The van der Waals surface area contributed by atoms with E-state index in [9.17, 15) is 0 Å². The van der Waals surface area contributed by atoms with Gasteiger partial charge in [0.2, 0.25) is 0 Å². The van der Waals surface area contributed by atoms with Gasteiger partial charge in [-0.2, -0.15) is 0 Å². The summed E-state index contributed by atoms with van der Waals surface area (Å²) in [6.07, 6.45) is 2.76. The third-order valence-electron chi connectivity index (χ3n) is 10.9.